The third-order valence-corrected chi connectivity index (χ3v) is 5.50. The Hall–Kier alpha value is -1.56. The Morgan fingerprint density at radius 3 is 2.38 bits per heavy atom. The van der Waals surface area contributed by atoms with Crippen LogP contribution in [0.5, 0.6) is 0 Å². The number of pyridine rings is 1. The Balaban J connectivity index is 1.80. The van der Waals surface area contributed by atoms with Crippen molar-refractivity contribution in [3.05, 3.63) is 23.0 Å². The summed E-state index contributed by atoms with van der Waals surface area (Å²) in [6.07, 6.45) is 9.66. The van der Waals surface area contributed by atoms with Crippen LogP contribution in [0.15, 0.2) is 6.07 Å². The van der Waals surface area contributed by atoms with Gasteiger partial charge in [0, 0.05) is 18.8 Å². The summed E-state index contributed by atoms with van der Waals surface area (Å²) < 4.78 is 0. The van der Waals surface area contributed by atoms with Crippen molar-refractivity contribution in [2.75, 3.05) is 18.0 Å². The van der Waals surface area contributed by atoms with E-state index in [9.17, 15) is 5.26 Å². The van der Waals surface area contributed by atoms with Gasteiger partial charge in [0.05, 0.1) is 16.9 Å². The van der Waals surface area contributed by atoms with Gasteiger partial charge in [-0.1, -0.05) is 19.3 Å². The van der Waals surface area contributed by atoms with E-state index in [1.807, 2.05) is 13.8 Å². The molecule has 0 unspecified atom stereocenters. The van der Waals surface area contributed by atoms with E-state index in [-0.39, 0.29) is 0 Å². The summed E-state index contributed by atoms with van der Waals surface area (Å²) in [4.78, 5) is 6.85. The molecule has 0 N–H and O–H groups in total. The number of nitriles is 1. The van der Waals surface area contributed by atoms with Crippen LogP contribution in [0.4, 0.5) is 5.69 Å². The van der Waals surface area contributed by atoms with Gasteiger partial charge in [0.15, 0.2) is 0 Å². The number of nitrogens with zero attached hydrogens (tertiary/aromatic N) is 3. The van der Waals surface area contributed by atoms with Crippen LogP contribution in [0.25, 0.3) is 0 Å². The number of aryl methyl sites for hydroxylation is 2. The van der Waals surface area contributed by atoms with E-state index in [1.165, 1.54) is 44.9 Å². The molecule has 112 valence electrons. The highest BCUT2D eigenvalue weighted by Gasteiger charge is 2.36. The lowest BCUT2D eigenvalue weighted by Gasteiger charge is -2.45. The Bertz CT molecular complexity index is 555. The fraction of sp³-hybridized carbons (Fsp3) is 0.667. The molecule has 0 aromatic carbocycles. The molecule has 3 rings (SSSR count). The van der Waals surface area contributed by atoms with Crippen LogP contribution in [0.1, 0.15) is 61.9 Å². The standard InChI is InChI=1S/C18H25N3/c1-14-12-17(16(13-19)15(2)20-14)21-10-8-18(9-11-21)6-4-3-5-7-18/h12H,3-11H2,1-2H3. The average Bonchev–Trinajstić information content (AvgIpc) is 2.48. The number of aromatic nitrogens is 1. The number of rotatable bonds is 1. The second kappa shape index (κ2) is 5.67. The Morgan fingerprint density at radius 2 is 1.76 bits per heavy atom. The quantitative estimate of drug-likeness (QED) is 0.778. The zero-order chi connectivity index (χ0) is 14.9. The van der Waals surface area contributed by atoms with Crippen molar-refractivity contribution in [1.29, 1.82) is 5.26 Å². The summed E-state index contributed by atoms with van der Waals surface area (Å²) in [5.41, 5.74) is 4.36. The van der Waals surface area contributed by atoms with Gasteiger partial charge in [-0.25, -0.2) is 0 Å². The summed E-state index contributed by atoms with van der Waals surface area (Å²) in [7, 11) is 0. The van der Waals surface area contributed by atoms with Crippen LogP contribution in [-0.4, -0.2) is 18.1 Å². The first-order valence-corrected chi connectivity index (χ1v) is 8.27. The van der Waals surface area contributed by atoms with Crippen molar-refractivity contribution in [2.24, 2.45) is 5.41 Å². The third kappa shape index (κ3) is 2.77. The van der Waals surface area contributed by atoms with Crippen LogP contribution in [0.3, 0.4) is 0 Å². The summed E-state index contributed by atoms with van der Waals surface area (Å²) in [5, 5.41) is 9.45. The summed E-state index contributed by atoms with van der Waals surface area (Å²) >= 11 is 0. The molecule has 21 heavy (non-hydrogen) atoms. The lowest BCUT2D eigenvalue weighted by Crippen LogP contribution is -2.41. The van der Waals surface area contributed by atoms with E-state index >= 15 is 0 Å². The van der Waals surface area contributed by atoms with Gasteiger partial charge in [-0.05, 0) is 51.0 Å². The van der Waals surface area contributed by atoms with Gasteiger partial charge in [0.1, 0.15) is 6.07 Å². The fourth-order valence-electron chi connectivity index (χ4n) is 4.22. The molecule has 0 radical (unpaired) electrons. The van der Waals surface area contributed by atoms with Gasteiger partial charge in [-0.2, -0.15) is 5.26 Å². The van der Waals surface area contributed by atoms with E-state index in [4.69, 9.17) is 0 Å². The first-order chi connectivity index (χ1) is 10.1. The smallest absolute Gasteiger partial charge is 0.103 e. The molecule has 2 fully saturated rings. The van der Waals surface area contributed by atoms with Gasteiger partial charge < -0.3 is 4.90 Å². The molecule has 3 nitrogen and oxygen atoms in total. The lowest BCUT2D eigenvalue weighted by atomic mass is 9.68. The summed E-state index contributed by atoms with van der Waals surface area (Å²) in [6, 6.07) is 4.44. The zero-order valence-corrected chi connectivity index (χ0v) is 13.3. The second-order valence-corrected chi connectivity index (χ2v) is 6.90. The maximum Gasteiger partial charge on any atom is 0.103 e. The minimum absolute atomic E-state index is 0.610. The molecular weight excluding hydrogens is 258 g/mol. The fourth-order valence-corrected chi connectivity index (χ4v) is 4.22. The molecule has 1 saturated carbocycles. The molecule has 1 aromatic heterocycles. The summed E-state index contributed by atoms with van der Waals surface area (Å²) in [6.45, 7) is 6.15. The first kappa shape index (κ1) is 14.4. The van der Waals surface area contributed by atoms with Crippen molar-refractivity contribution < 1.29 is 0 Å². The molecular formula is C18H25N3. The number of piperidine rings is 1. The molecule has 1 aliphatic heterocycles. The predicted molar refractivity (Wildman–Crippen MR) is 85.4 cm³/mol. The Morgan fingerprint density at radius 1 is 1.10 bits per heavy atom. The maximum atomic E-state index is 9.45. The van der Waals surface area contributed by atoms with Gasteiger partial charge in [-0.15, -0.1) is 0 Å². The van der Waals surface area contributed by atoms with Crippen molar-refractivity contribution >= 4 is 5.69 Å². The van der Waals surface area contributed by atoms with E-state index in [0.29, 0.717) is 5.41 Å². The molecule has 1 aromatic rings. The normalized spacial score (nSPS) is 21.3. The molecule has 1 spiro atoms. The molecule has 0 bridgehead atoms. The van der Waals surface area contributed by atoms with Crippen LogP contribution >= 0.6 is 0 Å². The molecule has 1 saturated heterocycles. The molecule has 0 atom stereocenters. The highest BCUT2D eigenvalue weighted by molar-refractivity contribution is 5.61. The van der Waals surface area contributed by atoms with Crippen LogP contribution in [0.2, 0.25) is 0 Å². The van der Waals surface area contributed by atoms with E-state index in [2.05, 4.69) is 22.0 Å². The maximum absolute atomic E-state index is 9.45. The van der Waals surface area contributed by atoms with Crippen LogP contribution in [0, 0.1) is 30.6 Å². The molecule has 2 heterocycles. The molecule has 0 amide bonds. The second-order valence-electron chi connectivity index (χ2n) is 6.90. The number of hydrogen-bond acceptors (Lipinski definition) is 3. The number of anilines is 1. The zero-order valence-electron chi connectivity index (χ0n) is 13.3. The lowest BCUT2D eigenvalue weighted by molar-refractivity contribution is 0.144. The van der Waals surface area contributed by atoms with Crippen molar-refractivity contribution in [2.45, 2.75) is 58.8 Å². The van der Waals surface area contributed by atoms with Gasteiger partial charge in [0.25, 0.3) is 0 Å². The van der Waals surface area contributed by atoms with Crippen molar-refractivity contribution in [3.8, 4) is 6.07 Å². The Kier molecular flexibility index (Phi) is 3.89. The Labute approximate surface area is 128 Å². The SMILES string of the molecule is Cc1cc(N2CCC3(CCCCC3)CC2)c(C#N)c(C)n1. The van der Waals surface area contributed by atoms with E-state index in [1.54, 1.807) is 0 Å². The molecule has 2 aliphatic rings. The van der Waals surface area contributed by atoms with Gasteiger partial charge in [0.2, 0.25) is 0 Å². The highest BCUT2D eigenvalue weighted by atomic mass is 15.1. The van der Waals surface area contributed by atoms with Crippen molar-refractivity contribution in [3.63, 3.8) is 0 Å². The van der Waals surface area contributed by atoms with Crippen molar-refractivity contribution in [1.82, 2.24) is 4.98 Å². The average molecular weight is 283 g/mol. The largest absolute Gasteiger partial charge is 0.370 e. The topological polar surface area (TPSA) is 39.9 Å². The number of hydrogen-bond donors (Lipinski definition) is 0. The van der Waals surface area contributed by atoms with Crippen LogP contribution < -0.4 is 4.90 Å². The summed E-state index contributed by atoms with van der Waals surface area (Å²) in [5.74, 6) is 0. The highest BCUT2D eigenvalue weighted by Crippen LogP contribution is 2.45. The van der Waals surface area contributed by atoms with E-state index in [0.717, 1.165) is 35.7 Å². The minimum atomic E-state index is 0.610. The monoisotopic (exact) mass is 283 g/mol. The van der Waals surface area contributed by atoms with Crippen LogP contribution in [-0.2, 0) is 0 Å². The predicted octanol–water partition coefficient (Wildman–Crippen LogP) is 4.12. The first-order valence-electron chi connectivity index (χ1n) is 8.27. The molecule has 1 aliphatic carbocycles. The minimum Gasteiger partial charge on any atom is -0.370 e. The van der Waals surface area contributed by atoms with Gasteiger partial charge in [-0.3, -0.25) is 4.98 Å². The van der Waals surface area contributed by atoms with Gasteiger partial charge >= 0.3 is 0 Å². The third-order valence-electron chi connectivity index (χ3n) is 5.50. The van der Waals surface area contributed by atoms with E-state index < -0.39 is 0 Å². The molecule has 3 heteroatoms.